The number of ether oxygens (including phenoxy) is 1. The van der Waals surface area contributed by atoms with E-state index in [1.165, 1.54) is 12.1 Å². The lowest BCUT2D eigenvalue weighted by Crippen LogP contribution is -2.10. The summed E-state index contributed by atoms with van der Waals surface area (Å²) in [5.41, 5.74) is 5.77. The van der Waals surface area contributed by atoms with Crippen LogP contribution in [0.1, 0.15) is 12.0 Å². The summed E-state index contributed by atoms with van der Waals surface area (Å²) in [6.07, 6.45) is 0.247. The van der Waals surface area contributed by atoms with E-state index < -0.39 is 12.5 Å². The Hall–Kier alpha value is -1.23. The van der Waals surface area contributed by atoms with Gasteiger partial charge in [-0.25, -0.2) is 4.39 Å². The van der Waals surface area contributed by atoms with Crippen molar-refractivity contribution < 1.29 is 13.5 Å². The molecule has 5 heteroatoms. The number of nitrogens with two attached hydrogens (primary N) is 1. The van der Waals surface area contributed by atoms with Crippen molar-refractivity contribution in [3.63, 3.8) is 0 Å². The number of alkyl halides is 1. The van der Waals surface area contributed by atoms with Crippen molar-refractivity contribution in [1.29, 1.82) is 0 Å². The molecule has 0 aliphatic rings. The molecule has 0 aliphatic carbocycles. The quantitative estimate of drug-likeness (QED) is 0.623. The van der Waals surface area contributed by atoms with Crippen molar-refractivity contribution in [2.45, 2.75) is 6.42 Å². The predicted octanol–water partition coefficient (Wildman–Crippen LogP) is 2.20. The standard InChI is InChI=1S/C10H11F2NOS/c11-4-1-5-14-9-3-2-7(10(13)15)6-8(9)12/h2-3,6H,1,4-5H2,(H2,13,15). The normalized spacial score (nSPS) is 10.0. The molecule has 0 radical (unpaired) electrons. The summed E-state index contributed by atoms with van der Waals surface area (Å²) in [5, 5.41) is 0. The predicted molar refractivity (Wildman–Crippen MR) is 58.4 cm³/mol. The third-order valence-electron chi connectivity index (χ3n) is 1.75. The third kappa shape index (κ3) is 3.43. The second-order valence-electron chi connectivity index (χ2n) is 2.90. The van der Waals surface area contributed by atoms with Crippen LogP contribution in [0.25, 0.3) is 0 Å². The Labute approximate surface area is 92.0 Å². The van der Waals surface area contributed by atoms with Gasteiger partial charge in [0.1, 0.15) is 4.99 Å². The highest BCUT2D eigenvalue weighted by molar-refractivity contribution is 7.80. The first kappa shape index (κ1) is 11.8. The van der Waals surface area contributed by atoms with Crippen molar-refractivity contribution in [2.75, 3.05) is 13.3 Å². The molecular weight excluding hydrogens is 220 g/mol. The fraction of sp³-hybridized carbons (Fsp3) is 0.300. The minimum absolute atomic E-state index is 0.0865. The van der Waals surface area contributed by atoms with E-state index in [2.05, 4.69) is 0 Å². The van der Waals surface area contributed by atoms with E-state index in [1.54, 1.807) is 6.07 Å². The molecule has 0 fully saturated rings. The van der Waals surface area contributed by atoms with Gasteiger partial charge in [-0.2, -0.15) is 0 Å². The van der Waals surface area contributed by atoms with Crippen molar-refractivity contribution in [1.82, 2.24) is 0 Å². The topological polar surface area (TPSA) is 35.2 Å². The maximum atomic E-state index is 13.3. The maximum Gasteiger partial charge on any atom is 0.165 e. The summed E-state index contributed by atoms with van der Waals surface area (Å²) in [7, 11) is 0. The van der Waals surface area contributed by atoms with Gasteiger partial charge in [-0.3, -0.25) is 4.39 Å². The van der Waals surface area contributed by atoms with E-state index in [9.17, 15) is 8.78 Å². The molecule has 2 nitrogen and oxygen atoms in total. The van der Waals surface area contributed by atoms with Crippen LogP contribution in [-0.2, 0) is 0 Å². The molecule has 0 saturated carbocycles. The molecule has 0 heterocycles. The van der Waals surface area contributed by atoms with E-state index >= 15 is 0 Å². The molecule has 0 aromatic heterocycles. The van der Waals surface area contributed by atoms with E-state index in [4.69, 9.17) is 22.7 Å². The van der Waals surface area contributed by atoms with Gasteiger partial charge < -0.3 is 10.5 Å². The first-order valence-corrected chi connectivity index (χ1v) is 4.84. The molecule has 0 atom stereocenters. The number of hydrogen-bond acceptors (Lipinski definition) is 2. The zero-order valence-electron chi connectivity index (χ0n) is 8.00. The van der Waals surface area contributed by atoms with Gasteiger partial charge in [0.2, 0.25) is 0 Å². The van der Waals surface area contributed by atoms with Crippen LogP contribution in [-0.4, -0.2) is 18.3 Å². The lowest BCUT2D eigenvalue weighted by Gasteiger charge is -2.07. The van der Waals surface area contributed by atoms with Crippen molar-refractivity contribution in [2.24, 2.45) is 5.73 Å². The zero-order chi connectivity index (χ0) is 11.3. The number of benzene rings is 1. The van der Waals surface area contributed by atoms with Crippen molar-refractivity contribution in [3.05, 3.63) is 29.6 Å². The van der Waals surface area contributed by atoms with Crippen LogP contribution in [0, 0.1) is 5.82 Å². The van der Waals surface area contributed by atoms with E-state index in [0.29, 0.717) is 5.56 Å². The van der Waals surface area contributed by atoms with Crippen LogP contribution in [0.4, 0.5) is 8.78 Å². The van der Waals surface area contributed by atoms with Gasteiger partial charge in [0.15, 0.2) is 11.6 Å². The number of hydrogen-bond donors (Lipinski definition) is 1. The molecule has 0 amide bonds. The van der Waals surface area contributed by atoms with Crippen LogP contribution in [0.5, 0.6) is 5.75 Å². The van der Waals surface area contributed by atoms with Gasteiger partial charge in [-0.05, 0) is 18.2 Å². The van der Waals surface area contributed by atoms with Crippen LogP contribution >= 0.6 is 12.2 Å². The number of halogens is 2. The van der Waals surface area contributed by atoms with Gasteiger partial charge >= 0.3 is 0 Å². The van der Waals surface area contributed by atoms with Crippen LogP contribution in [0.3, 0.4) is 0 Å². The Morgan fingerprint density at radius 2 is 2.20 bits per heavy atom. The molecule has 1 rings (SSSR count). The minimum Gasteiger partial charge on any atom is -0.490 e. The Bertz CT molecular complexity index is 357. The van der Waals surface area contributed by atoms with Gasteiger partial charge in [0, 0.05) is 12.0 Å². The van der Waals surface area contributed by atoms with Gasteiger partial charge in [-0.1, -0.05) is 12.2 Å². The van der Waals surface area contributed by atoms with Crippen molar-refractivity contribution in [3.8, 4) is 5.75 Å². The van der Waals surface area contributed by atoms with Gasteiger partial charge in [0.25, 0.3) is 0 Å². The summed E-state index contributed by atoms with van der Waals surface area (Å²) in [6, 6.07) is 4.20. The number of thiocarbonyl (C=S) groups is 1. The van der Waals surface area contributed by atoms with Crippen LogP contribution in [0.2, 0.25) is 0 Å². The Balaban J connectivity index is 2.70. The van der Waals surface area contributed by atoms with Gasteiger partial charge in [0.05, 0.1) is 13.3 Å². The monoisotopic (exact) mass is 231 g/mol. The van der Waals surface area contributed by atoms with E-state index in [1.807, 2.05) is 0 Å². The molecular formula is C10H11F2NOS. The summed E-state index contributed by atoms with van der Waals surface area (Å²) < 4.78 is 30.1. The lowest BCUT2D eigenvalue weighted by molar-refractivity contribution is 0.277. The Morgan fingerprint density at radius 3 is 2.73 bits per heavy atom. The zero-order valence-corrected chi connectivity index (χ0v) is 8.82. The molecule has 1 aromatic carbocycles. The molecule has 82 valence electrons. The molecule has 0 aliphatic heterocycles. The van der Waals surface area contributed by atoms with E-state index in [-0.39, 0.29) is 23.8 Å². The summed E-state index contributed by atoms with van der Waals surface area (Å²) >= 11 is 4.69. The SMILES string of the molecule is NC(=S)c1ccc(OCCCF)c(F)c1. The van der Waals surface area contributed by atoms with Gasteiger partial charge in [-0.15, -0.1) is 0 Å². The van der Waals surface area contributed by atoms with Crippen LogP contribution in [0.15, 0.2) is 18.2 Å². The second kappa shape index (κ2) is 5.60. The highest BCUT2D eigenvalue weighted by Gasteiger charge is 2.05. The summed E-state index contributed by atoms with van der Waals surface area (Å²) in [6.45, 7) is -0.327. The summed E-state index contributed by atoms with van der Waals surface area (Å²) in [4.78, 5) is 0.129. The Kier molecular flexibility index (Phi) is 4.42. The first-order chi connectivity index (χ1) is 7.15. The number of rotatable bonds is 5. The highest BCUT2D eigenvalue weighted by atomic mass is 32.1. The molecule has 0 bridgehead atoms. The third-order valence-corrected chi connectivity index (χ3v) is 1.99. The van der Waals surface area contributed by atoms with Crippen molar-refractivity contribution >= 4 is 17.2 Å². The molecule has 15 heavy (non-hydrogen) atoms. The second-order valence-corrected chi connectivity index (χ2v) is 3.34. The molecule has 0 saturated heterocycles. The first-order valence-electron chi connectivity index (χ1n) is 4.43. The Morgan fingerprint density at radius 1 is 1.47 bits per heavy atom. The molecule has 2 N–H and O–H groups in total. The summed E-state index contributed by atoms with van der Waals surface area (Å²) in [5.74, 6) is -0.456. The maximum absolute atomic E-state index is 13.3. The van der Waals surface area contributed by atoms with E-state index in [0.717, 1.165) is 0 Å². The van der Waals surface area contributed by atoms with Crippen LogP contribution < -0.4 is 10.5 Å². The minimum atomic E-state index is -0.542. The average molecular weight is 231 g/mol. The smallest absolute Gasteiger partial charge is 0.165 e. The molecule has 0 unspecified atom stereocenters. The molecule has 0 spiro atoms. The lowest BCUT2D eigenvalue weighted by atomic mass is 10.2. The largest absolute Gasteiger partial charge is 0.490 e. The molecule has 1 aromatic rings. The fourth-order valence-corrected chi connectivity index (χ4v) is 1.13. The highest BCUT2D eigenvalue weighted by Crippen LogP contribution is 2.18. The fourth-order valence-electron chi connectivity index (χ4n) is 1.01. The average Bonchev–Trinajstić information content (AvgIpc) is 2.20.